The zero-order valence-corrected chi connectivity index (χ0v) is 8.96. The Morgan fingerprint density at radius 3 is 2.60 bits per heavy atom. The summed E-state index contributed by atoms with van der Waals surface area (Å²) in [6.07, 6.45) is 0.878. The molecule has 1 aliphatic rings. The quantitative estimate of drug-likeness (QED) is 0.699. The summed E-state index contributed by atoms with van der Waals surface area (Å²) < 4.78 is 0.555. The summed E-state index contributed by atoms with van der Waals surface area (Å²) in [7, 11) is 0. The summed E-state index contributed by atoms with van der Waals surface area (Å²) in [6.45, 7) is 1.98. The van der Waals surface area contributed by atoms with Crippen molar-refractivity contribution in [1.29, 1.82) is 0 Å². The predicted octanol–water partition coefficient (Wildman–Crippen LogP) is 0.322. The van der Waals surface area contributed by atoms with Crippen molar-refractivity contribution in [2.24, 2.45) is 10.7 Å². The average Bonchev–Trinajstić information content (AvgIpc) is 2.10. The van der Waals surface area contributed by atoms with E-state index in [-0.39, 0.29) is 42.7 Å². The van der Waals surface area contributed by atoms with Crippen molar-refractivity contribution in [3.63, 3.8) is 0 Å². The molecule has 5 heteroatoms. The van der Waals surface area contributed by atoms with Crippen LogP contribution in [-0.2, 0) is 4.79 Å². The third-order valence-electron chi connectivity index (χ3n) is 1.13. The molecule has 1 amide bonds. The van der Waals surface area contributed by atoms with Crippen molar-refractivity contribution in [2.75, 3.05) is 0 Å². The summed E-state index contributed by atoms with van der Waals surface area (Å²) in [4.78, 5) is 14.5. The maximum atomic E-state index is 10.8. The molecule has 0 radical (unpaired) electrons. The van der Waals surface area contributed by atoms with Gasteiger partial charge in [-0.15, -0.1) is 17.0 Å². The van der Waals surface area contributed by atoms with Crippen LogP contribution in [0.5, 0.6) is 0 Å². The van der Waals surface area contributed by atoms with Gasteiger partial charge in [-0.25, -0.2) is 0 Å². The van der Waals surface area contributed by atoms with Gasteiger partial charge in [-0.05, 0) is 0 Å². The molecule has 58 valence electrons. The van der Waals surface area contributed by atoms with Gasteiger partial charge in [0.05, 0.1) is 0 Å². The van der Waals surface area contributed by atoms with Crippen LogP contribution >= 0.6 is 17.0 Å². The summed E-state index contributed by atoms with van der Waals surface area (Å²) in [5.74, 6) is -0.0185. The van der Waals surface area contributed by atoms with E-state index in [9.17, 15) is 4.79 Å². The number of carbonyl (C=O) groups is 1. The molecule has 1 aliphatic heterocycles. The molecule has 2 N–H and O–H groups in total. The molecule has 0 bridgehead atoms. The van der Waals surface area contributed by atoms with Crippen molar-refractivity contribution in [2.45, 2.75) is 18.2 Å². The van der Waals surface area contributed by atoms with Gasteiger partial charge < -0.3 is 0 Å². The fourth-order valence-electron chi connectivity index (χ4n) is 0.661. The van der Waals surface area contributed by atoms with Crippen molar-refractivity contribution in [3.8, 4) is 0 Å². The van der Waals surface area contributed by atoms with E-state index in [0.717, 1.165) is 6.42 Å². The molecule has 1 rings (SSSR count). The van der Waals surface area contributed by atoms with Crippen molar-refractivity contribution < 1.29 is 4.79 Å². The van der Waals surface area contributed by atoms with Gasteiger partial charge in [0.25, 0.3) is 0 Å². The van der Waals surface area contributed by atoms with Crippen molar-refractivity contribution in [1.82, 2.24) is 0 Å². The number of carbonyl (C=O) groups excluding carboxylic acids is 1. The standard InChI is InChI=1S/C5H8N2OSe.BrH/c1-2-3-4(8)7-5(6)9-3;/h3H,2H2,1H3,(H2,6,7,8);1H. The fourth-order valence-corrected chi connectivity index (χ4v) is 2.24. The second-order valence-corrected chi connectivity index (χ2v) is 4.37. The van der Waals surface area contributed by atoms with E-state index in [0.29, 0.717) is 4.73 Å². The summed E-state index contributed by atoms with van der Waals surface area (Å²) in [5, 5.41) is 0. The van der Waals surface area contributed by atoms with E-state index in [4.69, 9.17) is 5.73 Å². The maximum absolute atomic E-state index is 10.8. The molecule has 0 fully saturated rings. The molecular formula is C5H9BrN2OSe. The molecule has 10 heavy (non-hydrogen) atoms. The van der Waals surface area contributed by atoms with Gasteiger partial charge >= 0.3 is 59.3 Å². The van der Waals surface area contributed by atoms with Crippen LogP contribution in [0.15, 0.2) is 4.99 Å². The summed E-state index contributed by atoms with van der Waals surface area (Å²) >= 11 is 0.145. The number of halogens is 1. The molecule has 0 aromatic rings. The van der Waals surface area contributed by atoms with E-state index >= 15 is 0 Å². The van der Waals surface area contributed by atoms with Crippen LogP contribution in [0.1, 0.15) is 13.3 Å². The van der Waals surface area contributed by atoms with Gasteiger partial charge in [-0.3, -0.25) is 0 Å². The van der Waals surface area contributed by atoms with Gasteiger partial charge in [-0.2, -0.15) is 0 Å². The van der Waals surface area contributed by atoms with Gasteiger partial charge in [0.1, 0.15) is 0 Å². The van der Waals surface area contributed by atoms with Crippen LogP contribution in [-0.4, -0.2) is 25.6 Å². The molecule has 1 heterocycles. The number of hydrogen-bond donors (Lipinski definition) is 1. The Labute approximate surface area is 76.4 Å². The third kappa shape index (κ3) is 2.08. The zero-order chi connectivity index (χ0) is 6.85. The molecule has 3 nitrogen and oxygen atoms in total. The Kier molecular flexibility index (Phi) is 4.17. The van der Waals surface area contributed by atoms with Gasteiger partial charge in [0.15, 0.2) is 0 Å². The summed E-state index contributed by atoms with van der Waals surface area (Å²) in [5.41, 5.74) is 5.35. The first kappa shape index (κ1) is 10.1. The van der Waals surface area contributed by atoms with E-state index in [2.05, 4.69) is 4.99 Å². The number of hydrogen-bond acceptors (Lipinski definition) is 2. The number of amides is 1. The molecule has 1 atom stereocenters. The van der Waals surface area contributed by atoms with Gasteiger partial charge in [-0.1, -0.05) is 0 Å². The van der Waals surface area contributed by atoms with E-state index in [1.165, 1.54) is 0 Å². The minimum atomic E-state index is -0.0185. The van der Waals surface area contributed by atoms with E-state index < -0.39 is 0 Å². The molecule has 0 aromatic carbocycles. The number of rotatable bonds is 1. The van der Waals surface area contributed by atoms with E-state index in [1.807, 2.05) is 6.92 Å². The molecule has 0 aliphatic carbocycles. The zero-order valence-electron chi connectivity index (χ0n) is 5.53. The second kappa shape index (κ2) is 4.11. The summed E-state index contributed by atoms with van der Waals surface area (Å²) in [6, 6.07) is 0. The molecular weight excluding hydrogens is 263 g/mol. The monoisotopic (exact) mass is 272 g/mol. The molecule has 1 unspecified atom stereocenters. The Bertz CT molecular complexity index is 171. The van der Waals surface area contributed by atoms with Crippen LogP contribution in [0.3, 0.4) is 0 Å². The Morgan fingerprint density at radius 1 is 1.80 bits per heavy atom. The first-order valence-corrected chi connectivity index (χ1v) is 4.63. The van der Waals surface area contributed by atoms with Gasteiger partial charge in [0.2, 0.25) is 0 Å². The van der Waals surface area contributed by atoms with Crippen LogP contribution in [0, 0.1) is 0 Å². The van der Waals surface area contributed by atoms with E-state index in [1.54, 1.807) is 0 Å². The molecule has 0 spiro atoms. The topological polar surface area (TPSA) is 55.4 Å². The number of nitrogens with two attached hydrogens (primary N) is 1. The molecule has 0 saturated carbocycles. The average molecular weight is 272 g/mol. The van der Waals surface area contributed by atoms with Crippen LogP contribution in [0.4, 0.5) is 0 Å². The van der Waals surface area contributed by atoms with Gasteiger partial charge in [0, 0.05) is 0 Å². The third-order valence-corrected chi connectivity index (χ3v) is 3.55. The normalized spacial score (nSPS) is 23.9. The molecule has 0 aromatic heterocycles. The SMILES string of the molecule is Br.CCC1[Se]C(N)=NC1=O. The van der Waals surface area contributed by atoms with Crippen LogP contribution < -0.4 is 5.73 Å². The number of nitrogens with zero attached hydrogens (tertiary/aromatic N) is 1. The Balaban J connectivity index is 0.000000810. The van der Waals surface area contributed by atoms with Crippen molar-refractivity contribution in [3.05, 3.63) is 0 Å². The minimum absolute atomic E-state index is 0. The number of amidine groups is 1. The first-order chi connectivity index (χ1) is 4.24. The predicted molar refractivity (Wildman–Crippen MR) is 46.7 cm³/mol. The fraction of sp³-hybridized carbons (Fsp3) is 0.600. The second-order valence-electron chi connectivity index (χ2n) is 1.80. The first-order valence-electron chi connectivity index (χ1n) is 2.78. The Morgan fingerprint density at radius 2 is 2.40 bits per heavy atom. The van der Waals surface area contributed by atoms with Crippen LogP contribution in [0.25, 0.3) is 0 Å². The Hall–Kier alpha value is 0.139. The van der Waals surface area contributed by atoms with Crippen LogP contribution in [0.2, 0.25) is 4.82 Å². The van der Waals surface area contributed by atoms with Crippen molar-refractivity contribution >= 4 is 42.6 Å². The molecule has 0 saturated heterocycles. The number of aliphatic imine (C=N–C) groups is 1.